The number of halogens is 2. The van der Waals surface area contributed by atoms with Gasteiger partial charge in [0.2, 0.25) is 0 Å². The molecular formula is C5H12Cl2O3. The lowest BCUT2D eigenvalue weighted by Gasteiger charge is -1.90. The van der Waals surface area contributed by atoms with E-state index in [-0.39, 0.29) is 13.2 Å². The van der Waals surface area contributed by atoms with E-state index in [9.17, 15) is 0 Å². The molecule has 3 nitrogen and oxygen atoms in total. The van der Waals surface area contributed by atoms with Gasteiger partial charge in [0.1, 0.15) is 4.84 Å². The summed E-state index contributed by atoms with van der Waals surface area (Å²) in [5, 5.41) is 23.9. The smallest absolute Gasteiger partial charge is 0.130 e. The number of rotatable bonds is 2. The second-order valence-electron chi connectivity index (χ2n) is 1.61. The molecule has 3 N–H and O–H groups in total. The van der Waals surface area contributed by atoms with Gasteiger partial charge < -0.3 is 15.3 Å². The SMILES string of the molecule is CC(O)CO.OCC(Cl)Cl. The molecular weight excluding hydrogens is 179 g/mol. The predicted molar refractivity (Wildman–Crippen MR) is 41.3 cm³/mol. The van der Waals surface area contributed by atoms with E-state index in [0.29, 0.717) is 0 Å². The van der Waals surface area contributed by atoms with E-state index >= 15 is 0 Å². The maximum atomic E-state index is 8.11. The lowest BCUT2D eigenvalue weighted by atomic mass is 10.5. The van der Waals surface area contributed by atoms with Gasteiger partial charge in [0.15, 0.2) is 0 Å². The van der Waals surface area contributed by atoms with Gasteiger partial charge in [0.05, 0.1) is 19.3 Å². The van der Waals surface area contributed by atoms with Crippen molar-refractivity contribution in [1.82, 2.24) is 0 Å². The molecule has 0 bridgehead atoms. The summed E-state index contributed by atoms with van der Waals surface area (Å²) in [6.45, 7) is 1.23. The molecule has 0 rings (SSSR count). The highest BCUT2D eigenvalue weighted by molar-refractivity contribution is 6.44. The van der Waals surface area contributed by atoms with Crippen molar-refractivity contribution < 1.29 is 15.3 Å². The quantitative estimate of drug-likeness (QED) is 0.544. The molecule has 0 aliphatic heterocycles. The summed E-state index contributed by atoms with van der Waals surface area (Å²) in [6.07, 6.45) is -0.560. The van der Waals surface area contributed by atoms with Crippen molar-refractivity contribution in [2.45, 2.75) is 17.9 Å². The standard InChI is InChI=1S/C3H8O2.C2H4Cl2O/c1-3(5)2-4;3-2(4)1-5/h3-5H,2H2,1H3;2,5H,1H2. The summed E-state index contributed by atoms with van der Waals surface area (Å²) in [7, 11) is 0. The Morgan fingerprint density at radius 1 is 1.20 bits per heavy atom. The van der Waals surface area contributed by atoms with Crippen molar-refractivity contribution in [3.63, 3.8) is 0 Å². The first-order chi connectivity index (χ1) is 4.54. The molecule has 0 radical (unpaired) electrons. The van der Waals surface area contributed by atoms with E-state index in [1.54, 1.807) is 0 Å². The molecule has 0 saturated heterocycles. The van der Waals surface area contributed by atoms with Crippen LogP contribution < -0.4 is 0 Å². The first kappa shape index (κ1) is 13.1. The minimum atomic E-state index is -0.616. The lowest BCUT2D eigenvalue weighted by Crippen LogP contribution is -2.03. The van der Waals surface area contributed by atoms with Crippen molar-refractivity contribution in [2.75, 3.05) is 13.2 Å². The summed E-state index contributed by atoms with van der Waals surface area (Å²) >= 11 is 9.96. The number of aliphatic hydroxyl groups excluding tert-OH is 3. The van der Waals surface area contributed by atoms with Crippen molar-refractivity contribution in [2.24, 2.45) is 0 Å². The van der Waals surface area contributed by atoms with Crippen LogP contribution in [-0.2, 0) is 0 Å². The second-order valence-corrected chi connectivity index (χ2v) is 2.88. The van der Waals surface area contributed by atoms with Crippen molar-refractivity contribution >= 4 is 23.2 Å². The Kier molecular flexibility index (Phi) is 12.4. The van der Waals surface area contributed by atoms with Gasteiger partial charge >= 0.3 is 0 Å². The van der Waals surface area contributed by atoms with E-state index in [0.717, 1.165) is 0 Å². The molecule has 1 unspecified atom stereocenters. The molecule has 0 aromatic heterocycles. The molecule has 0 saturated carbocycles. The molecule has 0 fully saturated rings. The number of alkyl halides is 2. The molecule has 10 heavy (non-hydrogen) atoms. The average Bonchev–Trinajstić information content (AvgIpc) is 1.89. The topological polar surface area (TPSA) is 60.7 Å². The normalized spacial score (nSPS) is 12.3. The Morgan fingerprint density at radius 2 is 1.40 bits per heavy atom. The Morgan fingerprint density at radius 3 is 1.40 bits per heavy atom. The van der Waals surface area contributed by atoms with E-state index in [4.69, 9.17) is 38.5 Å². The third kappa shape index (κ3) is 23.7. The molecule has 5 heteroatoms. The summed E-state index contributed by atoms with van der Waals surface area (Å²) < 4.78 is 0. The Balaban J connectivity index is 0. The van der Waals surface area contributed by atoms with Crippen molar-refractivity contribution in [3.8, 4) is 0 Å². The van der Waals surface area contributed by atoms with Crippen LogP contribution in [0.2, 0.25) is 0 Å². The van der Waals surface area contributed by atoms with Crippen molar-refractivity contribution in [3.05, 3.63) is 0 Å². The third-order valence-corrected chi connectivity index (χ3v) is 0.678. The molecule has 0 spiro atoms. The van der Waals surface area contributed by atoms with E-state index in [1.807, 2.05) is 0 Å². The molecule has 0 aromatic carbocycles. The van der Waals surface area contributed by atoms with Crippen LogP contribution in [0.15, 0.2) is 0 Å². The minimum Gasteiger partial charge on any atom is -0.394 e. The van der Waals surface area contributed by atoms with Gasteiger partial charge in [-0.3, -0.25) is 0 Å². The largest absolute Gasteiger partial charge is 0.394 e. The highest BCUT2D eigenvalue weighted by Crippen LogP contribution is 1.96. The maximum Gasteiger partial charge on any atom is 0.130 e. The summed E-state index contributed by atoms with van der Waals surface area (Å²) in [5.41, 5.74) is 0. The van der Waals surface area contributed by atoms with Gasteiger partial charge in [-0.1, -0.05) is 0 Å². The Hall–Kier alpha value is 0.460. The maximum absolute atomic E-state index is 8.11. The molecule has 64 valence electrons. The lowest BCUT2D eigenvalue weighted by molar-refractivity contribution is 0.110. The van der Waals surface area contributed by atoms with Gasteiger partial charge in [-0.15, -0.1) is 23.2 Å². The highest BCUT2D eigenvalue weighted by atomic mass is 35.5. The van der Waals surface area contributed by atoms with E-state index in [2.05, 4.69) is 0 Å². The van der Waals surface area contributed by atoms with Crippen LogP contribution in [0.25, 0.3) is 0 Å². The van der Waals surface area contributed by atoms with Crippen LogP contribution in [0.1, 0.15) is 6.92 Å². The fraction of sp³-hybridized carbons (Fsp3) is 1.00. The first-order valence-electron chi connectivity index (χ1n) is 2.72. The first-order valence-corrected chi connectivity index (χ1v) is 3.59. The van der Waals surface area contributed by atoms with Crippen molar-refractivity contribution in [1.29, 1.82) is 0 Å². The molecule has 0 aliphatic rings. The Labute approximate surface area is 70.2 Å². The number of aliphatic hydroxyl groups is 3. The fourth-order valence-electron chi connectivity index (χ4n) is 0. The average molecular weight is 191 g/mol. The van der Waals surface area contributed by atoms with Crippen LogP contribution in [0.5, 0.6) is 0 Å². The molecule has 0 heterocycles. The van der Waals surface area contributed by atoms with Gasteiger partial charge in [0, 0.05) is 0 Å². The van der Waals surface area contributed by atoms with Crippen LogP contribution in [-0.4, -0.2) is 39.5 Å². The number of hydrogen-bond donors (Lipinski definition) is 3. The summed E-state index contributed by atoms with van der Waals surface area (Å²) in [5.74, 6) is 0. The van der Waals surface area contributed by atoms with Gasteiger partial charge in [0.25, 0.3) is 0 Å². The third-order valence-electron chi connectivity index (χ3n) is 0.402. The predicted octanol–water partition coefficient (Wildman–Crippen LogP) is 0.142. The minimum absolute atomic E-state index is 0.139. The molecule has 1 atom stereocenters. The van der Waals surface area contributed by atoms with Gasteiger partial charge in [-0.05, 0) is 6.92 Å². The Bertz CT molecular complexity index is 50.9. The number of hydrogen-bond acceptors (Lipinski definition) is 3. The second kappa shape index (κ2) is 9.46. The highest BCUT2D eigenvalue weighted by Gasteiger charge is 1.88. The van der Waals surface area contributed by atoms with E-state index in [1.165, 1.54) is 6.92 Å². The fourth-order valence-corrected chi connectivity index (χ4v) is 0. The molecule has 0 amide bonds. The van der Waals surface area contributed by atoms with E-state index < -0.39 is 10.9 Å². The van der Waals surface area contributed by atoms with Crippen LogP contribution in [0.3, 0.4) is 0 Å². The van der Waals surface area contributed by atoms with Crippen LogP contribution >= 0.6 is 23.2 Å². The van der Waals surface area contributed by atoms with Crippen LogP contribution in [0.4, 0.5) is 0 Å². The monoisotopic (exact) mass is 190 g/mol. The zero-order chi connectivity index (χ0) is 8.57. The summed E-state index contributed by atoms with van der Waals surface area (Å²) in [6, 6.07) is 0. The molecule has 0 aromatic rings. The molecule has 0 aliphatic carbocycles. The van der Waals surface area contributed by atoms with Gasteiger partial charge in [-0.25, -0.2) is 0 Å². The zero-order valence-electron chi connectivity index (χ0n) is 5.67. The zero-order valence-corrected chi connectivity index (χ0v) is 7.18. The van der Waals surface area contributed by atoms with Crippen LogP contribution in [0, 0.1) is 0 Å². The van der Waals surface area contributed by atoms with Gasteiger partial charge in [-0.2, -0.15) is 0 Å². The summed E-state index contributed by atoms with van der Waals surface area (Å²) in [4.78, 5) is -0.616.